The van der Waals surface area contributed by atoms with Crippen LogP contribution in [-0.2, 0) is 11.3 Å². The van der Waals surface area contributed by atoms with Crippen LogP contribution in [0.1, 0.15) is 67.8 Å². The van der Waals surface area contributed by atoms with Gasteiger partial charge in [-0.1, -0.05) is 12.8 Å². The SMILES string of the molecule is CCn1cc([C@@H]2CC(=O)Nc3c2c(=O)[nH]n3C2CCCC2)c(C)n1. The number of hydrogen-bond acceptors (Lipinski definition) is 3. The molecule has 24 heavy (non-hydrogen) atoms. The number of aromatic nitrogens is 4. The Morgan fingerprint density at radius 3 is 2.71 bits per heavy atom. The van der Waals surface area contributed by atoms with Crippen molar-refractivity contribution in [3.63, 3.8) is 0 Å². The van der Waals surface area contributed by atoms with Gasteiger partial charge in [-0.05, 0) is 26.7 Å². The van der Waals surface area contributed by atoms with Crippen LogP contribution in [0.3, 0.4) is 0 Å². The summed E-state index contributed by atoms with van der Waals surface area (Å²) in [5.74, 6) is 0.402. The molecule has 7 heteroatoms. The number of aromatic amines is 1. The normalized spacial score (nSPS) is 21.1. The van der Waals surface area contributed by atoms with Crippen LogP contribution in [0.2, 0.25) is 0 Å². The summed E-state index contributed by atoms with van der Waals surface area (Å²) in [5.41, 5.74) is 2.45. The minimum absolute atomic E-state index is 0.0399. The van der Waals surface area contributed by atoms with Crippen molar-refractivity contribution in [2.45, 2.75) is 64.5 Å². The van der Waals surface area contributed by atoms with Crippen LogP contribution < -0.4 is 10.9 Å². The van der Waals surface area contributed by atoms with Crippen LogP contribution >= 0.6 is 0 Å². The summed E-state index contributed by atoms with van der Waals surface area (Å²) < 4.78 is 3.76. The first-order chi connectivity index (χ1) is 11.6. The van der Waals surface area contributed by atoms with Crippen LogP contribution in [0.4, 0.5) is 5.82 Å². The number of nitrogens with one attached hydrogen (secondary N) is 2. The van der Waals surface area contributed by atoms with E-state index < -0.39 is 0 Å². The van der Waals surface area contributed by atoms with E-state index in [1.165, 1.54) is 12.8 Å². The topological polar surface area (TPSA) is 84.7 Å². The number of carbonyl (C=O) groups is 1. The maximum atomic E-state index is 12.7. The average Bonchev–Trinajstić information content (AvgIpc) is 3.26. The lowest BCUT2D eigenvalue weighted by atomic mass is 9.87. The number of H-pyrrole nitrogens is 1. The molecule has 7 nitrogen and oxygen atoms in total. The van der Waals surface area contributed by atoms with Gasteiger partial charge in [-0.3, -0.25) is 24.1 Å². The van der Waals surface area contributed by atoms with Gasteiger partial charge in [0.25, 0.3) is 5.56 Å². The summed E-state index contributed by atoms with van der Waals surface area (Å²) >= 11 is 0. The maximum Gasteiger partial charge on any atom is 0.270 e. The molecule has 0 unspecified atom stereocenters. The summed E-state index contributed by atoms with van der Waals surface area (Å²) in [4.78, 5) is 25.0. The van der Waals surface area contributed by atoms with Crippen molar-refractivity contribution in [3.05, 3.63) is 33.4 Å². The Bertz CT molecular complexity index is 838. The summed E-state index contributed by atoms with van der Waals surface area (Å²) in [6.45, 7) is 4.74. The lowest BCUT2D eigenvalue weighted by molar-refractivity contribution is -0.116. The van der Waals surface area contributed by atoms with Gasteiger partial charge in [0, 0.05) is 30.6 Å². The molecule has 0 saturated heterocycles. The van der Waals surface area contributed by atoms with Gasteiger partial charge >= 0.3 is 0 Å². The van der Waals surface area contributed by atoms with Gasteiger partial charge in [-0.15, -0.1) is 0 Å². The fourth-order valence-corrected chi connectivity index (χ4v) is 4.12. The smallest absolute Gasteiger partial charge is 0.270 e. The largest absolute Gasteiger partial charge is 0.311 e. The van der Waals surface area contributed by atoms with Crippen molar-refractivity contribution < 1.29 is 4.79 Å². The van der Waals surface area contributed by atoms with Gasteiger partial charge in [0.15, 0.2) is 0 Å². The van der Waals surface area contributed by atoms with Gasteiger partial charge < -0.3 is 5.32 Å². The number of rotatable bonds is 3. The van der Waals surface area contributed by atoms with E-state index in [0.29, 0.717) is 17.8 Å². The first-order valence-electron chi connectivity index (χ1n) is 8.76. The number of hydrogen-bond donors (Lipinski definition) is 2. The average molecular weight is 329 g/mol. The van der Waals surface area contributed by atoms with Crippen molar-refractivity contribution >= 4 is 11.7 Å². The monoisotopic (exact) mass is 329 g/mol. The summed E-state index contributed by atoms with van der Waals surface area (Å²) in [6, 6.07) is 0.278. The molecule has 1 amide bonds. The highest BCUT2D eigenvalue weighted by Crippen LogP contribution is 2.39. The highest BCUT2D eigenvalue weighted by molar-refractivity contribution is 5.94. The Labute approximate surface area is 140 Å². The van der Waals surface area contributed by atoms with Gasteiger partial charge in [0.2, 0.25) is 5.91 Å². The van der Waals surface area contributed by atoms with Gasteiger partial charge in [-0.2, -0.15) is 5.10 Å². The molecule has 2 N–H and O–H groups in total. The highest BCUT2D eigenvalue weighted by Gasteiger charge is 2.35. The third-order valence-corrected chi connectivity index (χ3v) is 5.33. The lowest BCUT2D eigenvalue weighted by Crippen LogP contribution is -2.27. The second-order valence-corrected chi connectivity index (χ2v) is 6.84. The molecule has 0 radical (unpaired) electrons. The van der Waals surface area contributed by atoms with Crippen molar-refractivity contribution in [2.75, 3.05) is 5.32 Å². The van der Waals surface area contributed by atoms with E-state index in [1.807, 2.05) is 29.4 Å². The molecule has 1 fully saturated rings. The second-order valence-electron chi connectivity index (χ2n) is 6.84. The van der Waals surface area contributed by atoms with E-state index in [9.17, 15) is 9.59 Å². The zero-order valence-corrected chi connectivity index (χ0v) is 14.1. The van der Waals surface area contributed by atoms with Crippen molar-refractivity contribution in [1.82, 2.24) is 19.6 Å². The number of carbonyl (C=O) groups excluding carboxylic acids is 1. The van der Waals surface area contributed by atoms with Crippen molar-refractivity contribution in [2.24, 2.45) is 0 Å². The number of aryl methyl sites for hydroxylation is 2. The maximum absolute atomic E-state index is 12.7. The van der Waals surface area contributed by atoms with Gasteiger partial charge in [0.05, 0.1) is 17.3 Å². The molecule has 3 heterocycles. The first-order valence-corrected chi connectivity index (χ1v) is 8.76. The predicted octanol–water partition coefficient (Wildman–Crippen LogP) is 2.29. The number of anilines is 1. The van der Waals surface area contributed by atoms with Crippen molar-refractivity contribution in [3.8, 4) is 0 Å². The van der Waals surface area contributed by atoms with E-state index in [2.05, 4.69) is 15.5 Å². The van der Waals surface area contributed by atoms with Gasteiger partial charge in [0.1, 0.15) is 5.82 Å². The Kier molecular flexibility index (Phi) is 3.58. The van der Waals surface area contributed by atoms with Crippen LogP contribution in [0.25, 0.3) is 0 Å². The minimum Gasteiger partial charge on any atom is -0.311 e. The van der Waals surface area contributed by atoms with Crippen molar-refractivity contribution in [1.29, 1.82) is 0 Å². The number of fused-ring (bicyclic) bond motifs is 1. The second kappa shape index (κ2) is 5.65. The molecule has 0 spiro atoms. The Hall–Kier alpha value is -2.31. The summed E-state index contributed by atoms with van der Waals surface area (Å²) in [5, 5.41) is 10.4. The van der Waals surface area contributed by atoms with E-state index in [-0.39, 0.29) is 23.4 Å². The zero-order chi connectivity index (χ0) is 16.8. The number of nitrogens with zero attached hydrogens (tertiary/aromatic N) is 3. The van der Waals surface area contributed by atoms with E-state index >= 15 is 0 Å². The Morgan fingerprint density at radius 2 is 2.04 bits per heavy atom. The molecule has 2 aromatic rings. The zero-order valence-electron chi connectivity index (χ0n) is 14.1. The van der Waals surface area contributed by atoms with Crippen LogP contribution in [0, 0.1) is 6.92 Å². The molecule has 0 aromatic carbocycles. The molecule has 1 aliphatic heterocycles. The Balaban J connectivity index is 1.83. The molecule has 4 rings (SSSR count). The van der Waals surface area contributed by atoms with E-state index in [1.54, 1.807) is 0 Å². The molecular weight excluding hydrogens is 306 g/mol. The molecule has 2 aliphatic rings. The first kappa shape index (κ1) is 15.2. The third kappa shape index (κ3) is 2.30. The van der Waals surface area contributed by atoms with Gasteiger partial charge in [-0.25, -0.2) is 0 Å². The summed E-state index contributed by atoms with van der Waals surface area (Å²) in [6.07, 6.45) is 6.68. The quantitative estimate of drug-likeness (QED) is 0.906. The molecule has 0 bridgehead atoms. The molecule has 1 atom stereocenters. The van der Waals surface area contributed by atoms with E-state index in [4.69, 9.17) is 0 Å². The third-order valence-electron chi connectivity index (χ3n) is 5.33. The molecule has 1 saturated carbocycles. The summed E-state index contributed by atoms with van der Waals surface area (Å²) in [7, 11) is 0. The highest BCUT2D eigenvalue weighted by atomic mass is 16.2. The lowest BCUT2D eigenvalue weighted by Gasteiger charge is -2.24. The van der Waals surface area contributed by atoms with Crippen LogP contribution in [0.5, 0.6) is 0 Å². The fraction of sp³-hybridized carbons (Fsp3) is 0.588. The minimum atomic E-state index is -0.222. The number of amides is 1. The fourth-order valence-electron chi connectivity index (χ4n) is 4.12. The van der Waals surface area contributed by atoms with Crippen LogP contribution in [-0.4, -0.2) is 25.5 Å². The molecule has 128 valence electrons. The molecular formula is C17H23N5O2. The molecule has 2 aromatic heterocycles. The van der Waals surface area contributed by atoms with E-state index in [0.717, 1.165) is 30.6 Å². The standard InChI is InChI=1S/C17H23N5O2/c1-3-21-9-13(10(2)19-21)12-8-14(23)18-16-15(12)17(24)20-22(16)11-6-4-5-7-11/h9,11-12H,3-8H2,1-2H3,(H,18,23)(H,20,24)/t12-/m0/s1. The van der Waals surface area contributed by atoms with Crippen LogP contribution in [0.15, 0.2) is 11.0 Å². The molecule has 1 aliphatic carbocycles. The predicted molar refractivity (Wildman–Crippen MR) is 90.3 cm³/mol. The Morgan fingerprint density at radius 1 is 1.29 bits per heavy atom.